The van der Waals surface area contributed by atoms with E-state index in [1.165, 1.54) is 11.1 Å². The van der Waals surface area contributed by atoms with E-state index in [9.17, 15) is 0 Å². The number of halogens is 1. The zero-order valence-corrected chi connectivity index (χ0v) is 19.8. The van der Waals surface area contributed by atoms with Crippen LogP contribution in [0.15, 0.2) is 114 Å². The summed E-state index contributed by atoms with van der Waals surface area (Å²) in [5.74, 6) is 1.00. The molecule has 0 aliphatic carbocycles. The second-order valence-electron chi connectivity index (χ2n) is 8.67. The van der Waals surface area contributed by atoms with Crippen molar-refractivity contribution in [2.24, 2.45) is 0 Å². The summed E-state index contributed by atoms with van der Waals surface area (Å²) in [6.45, 7) is 0. The Bertz CT molecular complexity index is 1910. The first-order chi connectivity index (χ1) is 17.7. The average molecular weight is 484 g/mol. The van der Waals surface area contributed by atoms with Gasteiger partial charge in [-0.25, -0.2) is 4.98 Å². The first-order valence-electron chi connectivity index (χ1n) is 11.6. The molecule has 0 unspecified atom stereocenters. The van der Waals surface area contributed by atoms with Gasteiger partial charge >= 0.3 is 0 Å². The highest BCUT2D eigenvalue weighted by atomic mass is 35.5. The van der Waals surface area contributed by atoms with Crippen molar-refractivity contribution in [3.05, 3.63) is 114 Å². The quantitative estimate of drug-likeness (QED) is 0.252. The van der Waals surface area contributed by atoms with Crippen molar-refractivity contribution in [3.63, 3.8) is 0 Å². The van der Waals surface area contributed by atoms with Crippen LogP contribution in [0, 0.1) is 0 Å². The smallest absolute Gasteiger partial charge is 0.226 e. The molecule has 5 aromatic carbocycles. The van der Waals surface area contributed by atoms with Gasteiger partial charge in [0.2, 0.25) is 5.28 Å². The number of hydrogen-bond acceptors (Lipinski definition) is 4. The topological polar surface area (TPSA) is 51.8 Å². The second-order valence-corrected chi connectivity index (χ2v) is 9.01. The first kappa shape index (κ1) is 20.8. The summed E-state index contributed by atoms with van der Waals surface area (Å²) in [7, 11) is 0. The normalized spacial score (nSPS) is 11.5. The molecule has 36 heavy (non-hydrogen) atoms. The monoisotopic (exact) mass is 483 g/mol. The van der Waals surface area contributed by atoms with E-state index < -0.39 is 0 Å². The minimum atomic E-state index is 0.141. The SMILES string of the molecule is Clc1nc(-c2ccc3cc(-c4ccccc4)ccc3c2)nc(-c2cccc3c2oc2ccccc23)n1. The van der Waals surface area contributed by atoms with Gasteiger partial charge in [0.05, 0.1) is 5.56 Å². The molecule has 7 aromatic rings. The molecular weight excluding hydrogens is 466 g/mol. The molecule has 0 aliphatic rings. The van der Waals surface area contributed by atoms with E-state index in [4.69, 9.17) is 21.0 Å². The van der Waals surface area contributed by atoms with Gasteiger partial charge in [0, 0.05) is 16.3 Å². The Balaban J connectivity index is 1.33. The van der Waals surface area contributed by atoms with E-state index in [0.717, 1.165) is 43.8 Å². The maximum Gasteiger partial charge on any atom is 0.226 e. The third-order valence-corrected chi connectivity index (χ3v) is 6.63. The van der Waals surface area contributed by atoms with Crippen LogP contribution in [0.4, 0.5) is 0 Å². The van der Waals surface area contributed by atoms with Gasteiger partial charge in [0.1, 0.15) is 11.2 Å². The van der Waals surface area contributed by atoms with Crippen LogP contribution in [0.5, 0.6) is 0 Å². The molecule has 0 atom stereocenters. The fourth-order valence-corrected chi connectivity index (χ4v) is 4.88. The molecule has 4 nitrogen and oxygen atoms in total. The van der Waals surface area contributed by atoms with Crippen molar-refractivity contribution in [1.82, 2.24) is 15.0 Å². The lowest BCUT2D eigenvalue weighted by Gasteiger charge is -2.08. The van der Waals surface area contributed by atoms with Crippen molar-refractivity contribution < 1.29 is 4.42 Å². The summed E-state index contributed by atoms with van der Waals surface area (Å²) >= 11 is 6.39. The minimum absolute atomic E-state index is 0.141. The van der Waals surface area contributed by atoms with Crippen molar-refractivity contribution >= 4 is 44.3 Å². The van der Waals surface area contributed by atoms with E-state index in [1.54, 1.807) is 0 Å². The van der Waals surface area contributed by atoms with Gasteiger partial charge in [-0.05, 0) is 57.8 Å². The van der Waals surface area contributed by atoms with Crippen LogP contribution in [0.2, 0.25) is 5.28 Å². The number of hydrogen-bond donors (Lipinski definition) is 0. The van der Waals surface area contributed by atoms with Crippen LogP contribution >= 0.6 is 11.6 Å². The molecule has 170 valence electrons. The van der Waals surface area contributed by atoms with Gasteiger partial charge in [0.15, 0.2) is 11.6 Å². The summed E-state index contributed by atoms with van der Waals surface area (Å²) in [5, 5.41) is 4.46. The van der Waals surface area contributed by atoms with Gasteiger partial charge in [-0.15, -0.1) is 0 Å². The fraction of sp³-hybridized carbons (Fsp3) is 0. The molecule has 2 heterocycles. The summed E-state index contributed by atoms with van der Waals surface area (Å²) < 4.78 is 6.19. The number of fused-ring (bicyclic) bond motifs is 4. The lowest BCUT2D eigenvalue weighted by atomic mass is 10.00. The summed E-state index contributed by atoms with van der Waals surface area (Å²) in [4.78, 5) is 13.7. The predicted octanol–water partition coefficient (Wildman–Crippen LogP) is 8.58. The molecule has 5 heteroatoms. The van der Waals surface area contributed by atoms with E-state index in [1.807, 2.05) is 48.5 Å². The van der Waals surface area contributed by atoms with Gasteiger partial charge in [-0.1, -0.05) is 84.9 Å². The average Bonchev–Trinajstić information content (AvgIpc) is 3.31. The Labute approximate surface area is 211 Å². The molecule has 0 amide bonds. The maximum absolute atomic E-state index is 6.39. The number of aromatic nitrogens is 3. The Morgan fingerprint density at radius 2 is 1.22 bits per heavy atom. The zero-order valence-electron chi connectivity index (χ0n) is 19.0. The van der Waals surface area contributed by atoms with E-state index in [2.05, 4.69) is 70.6 Å². The summed E-state index contributed by atoms with van der Waals surface area (Å²) in [6, 6.07) is 37.0. The fourth-order valence-electron chi connectivity index (χ4n) is 4.72. The van der Waals surface area contributed by atoms with Gasteiger partial charge in [-0.3, -0.25) is 0 Å². The molecule has 7 rings (SSSR count). The van der Waals surface area contributed by atoms with E-state index >= 15 is 0 Å². The molecule has 0 saturated carbocycles. The Morgan fingerprint density at radius 3 is 2.08 bits per heavy atom. The third-order valence-electron chi connectivity index (χ3n) is 6.46. The van der Waals surface area contributed by atoms with Crippen molar-refractivity contribution in [2.45, 2.75) is 0 Å². The van der Waals surface area contributed by atoms with Crippen LogP contribution in [-0.4, -0.2) is 15.0 Å². The molecule has 0 N–H and O–H groups in total. The predicted molar refractivity (Wildman–Crippen MR) is 146 cm³/mol. The number of rotatable bonds is 3. The van der Waals surface area contributed by atoms with Crippen LogP contribution < -0.4 is 0 Å². The van der Waals surface area contributed by atoms with Crippen LogP contribution in [0.3, 0.4) is 0 Å². The molecule has 0 spiro atoms. The highest BCUT2D eigenvalue weighted by molar-refractivity contribution is 6.28. The number of nitrogens with zero attached hydrogens (tertiary/aromatic N) is 3. The third kappa shape index (κ3) is 3.51. The highest BCUT2D eigenvalue weighted by Crippen LogP contribution is 2.35. The Hall–Kier alpha value is -4.54. The van der Waals surface area contributed by atoms with Crippen molar-refractivity contribution in [1.29, 1.82) is 0 Å². The molecule has 0 fully saturated rings. The van der Waals surface area contributed by atoms with Crippen LogP contribution in [-0.2, 0) is 0 Å². The van der Waals surface area contributed by atoms with Gasteiger partial charge < -0.3 is 4.42 Å². The number of para-hydroxylation sites is 2. The van der Waals surface area contributed by atoms with Crippen LogP contribution in [0.25, 0.3) is 66.6 Å². The Kier molecular flexibility index (Phi) is 4.79. The van der Waals surface area contributed by atoms with E-state index in [0.29, 0.717) is 11.6 Å². The molecule has 0 aliphatic heterocycles. The highest BCUT2D eigenvalue weighted by Gasteiger charge is 2.16. The molecule has 2 aromatic heterocycles. The second kappa shape index (κ2) is 8.29. The molecule has 0 radical (unpaired) electrons. The zero-order chi connectivity index (χ0) is 24.1. The number of furan rings is 1. The molecule has 0 bridgehead atoms. The lowest BCUT2D eigenvalue weighted by molar-refractivity contribution is 0.669. The molecular formula is C31H18ClN3O. The Morgan fingerprint density at radius 1 is 0.528 bits per heavy atom. The minimum Gasteiger partial charge on any atom is -0.455 e. The largest absolute Gasteiger partial charge is 0.455 e. The molecule has 0 saturated heterocycles. The lowest BCUT2D eigenvalue weighted by Crippen LogP contribution is -1.97. The summed E-state index contributed by atoms with van der Waals surface area (Å²) in [5.41, 5.74) is 5.58. The van der Waals surface area contributed by atoms with E-state index in [-0.39, 0.29) is 5.28 Å². The maximum atomic E-state index is 6.39. The standard InChI is InChI=1S/C31H18ClN3O/c32-31-34-29(23-16-15-21-17-20(13-14-22(21)18-23)19-7-2-1-3-8-19)33-30(35-31)26-11-6-10-25-24-9-4-5-12-27(24)36-28(25)26/h1-18H. The van der Waals surface area contributed by atoms with Crippen molar-refractivity contribution in [3.8, 4) is 33.9 Å². The summed E-state index contributed by atoms with van der Waals surface area (Å²) in [6.07, 6.45) is 0. The van der Waals surface area contributed by atoms with Crippen molar-refractivity contribution in [2.75, 3.05) is 0 Å². The van der Waals surface area contributed by atoms with Crippen LogP contribution in [0.1, 0.15) is 0 Å². The van der Waals surface area contributed by atoms with Gasteiger partial charge in [0.25, 0.3) is 0 Å². The number of benzene rings is 5. The first-order valence-corrected chi connectivity index (χ1v) is 12.0. The van der Waals surface area contributed by atoms with Gasteiger partial charge in [-0.2, -0.15) is 9.97 Å².